The highest BCUT2D eigenvalue weighted by Crippen LogP contribution is 2.30. The van der Waals surface area contributed by atoms with E-state index in [1.165, 1.54) is 12.5 Å². The van der Waals surface area contributed by atoms with Crippen LogP contribution in [0.4, 0.5) is 5.69 Å². The number of hydrogen-bond donors (Lipinski definition) is 1. The van der Waals surface area contributed by atoms with Crippen molar-refractivity contribution in [3.05, 3.63) is 76.2 Å². The number of nitrogens with zero attached hydrogens (tertiary/aromatic N) is 3. The van der Waals surface area contributed by atoms with Crippen molar-refractivity contribution >= 4 is 45.8 Å². The molecule has 0 spiro atoms. The molecule has 4 rings (SSSR count). The number of aromatic nitrogens is 3. The molecule has 6 nitrogen and oxygen atoms in total. The molecule has 1 aromatic carbocycles. The third-order valence-corrected chi connectivity index (χ3v) is 4.79. The first-order valence-corrected chi connectivity index (χ1v) is 8.88. The van der Waals surface area contributed by atoms with Crippen molar-refractivity contribution in [3.8, 4) is 0 Å². The average Bonchev–Trinajstić information content (AvgIpc) is 3.26. The summed E-state index contributed by atoms with van der Waals surface area (Å²) in [6, 6.07) is 6.84. The monoisotopic (exact) mass is 400 g/mol. The molecule has 0 bridgehead atoms. The summed E-state index contributed by atoms with van der Waals surface area (Å²) in [5.74, 6) is 0.228. The number of halogens is 2. The number of benzene rings is 1. The number of oxazole rings is 1. The molecule has 0 saturated heterocycles. The molecule has 0 aliphatic heterocycles. The Balaban J connectivity index is 1.68. The minimum Gasteiger partial charge on any atom is -0.447 e. The number of aryl methyl sites for hydroxylation is 1. The van der Waals surface area contributed by atoms with Crippen LogP contribution in [0.15, 0.2) is 53.5 Å². The second kappa shape index (κ2) is 7.06. The summed E-state index contributed by atoms with van der Waals surface area (Å²) in [5.41, 5.74) is 2.50. The smallest absolute Gasteiger partial charge is 0.258 e. The van der Waals surface area contributed by atoms with E-state index in [0.717, 1.165) is 10.9 Å². The molecule has 3 aromatic heterocycles. The standard InChI is InChI=1S/C19H14Cl2N4O2/c1-11-9-25(10-15-22-6-7-27-15)18-16(11)17(21)14(8-23-18)19(26)24-13-4-2-12(20)3-5-13/h2-9H,10H2,1H3,(H,24,26). The number of pyridine rings is 1. The summed E-state index contributed by atoms with van der Waals surface area (Å²) in [7, 11) is 0. The van der Waals surface area contributed by atoms with Crippen molar-refractivity contribution in [2.75, 3.05) is 5.32 Å². The van der Waals surface area contributed by atoms with Crippen molar-refractivity contribution in [1.29, 1.82) is 0 Å². The number of nitrogens with one attached hydrogen (secondary N) is 1. The van der Waals surface area contributed by atoms with E-state index in [4.69, 9.17) is 27.6 Å². The van der Waals surface area contributed by atoms with Gasteiger partial charge in [-0.2, -0.15) is 0 Å². The molecule has 4 aromatic rings. The van der Waals surface area contributed by atoms with E-state index >= 15 is 0 Å². The number of amides is 1. The normalized spacial score (nSPS) is 11.1. The Hall–Kier alpha value is -2.83. The summed E-state index contributed by atoms with van der Waals surface area (Å²) in [5, 5.41) is 4.48. The molecule has 27 heavy (non-hydrogen) atoms. The average molecular weight is 401 g/mol. The number of anilines is 1. The van der Waals surface area contributed by atoms with E-state index in [1.54, 1.807) is 30.5 Å². The SMILES string of the molecule is Cc1cn(Cc2ncco2)c2ncc(C(=O)Nc3ccc(Cl)cc3)c(Cl)c12. The Kier molecular flexibility index (Phi) is 4.59. The van der Waals surface area contributed by atoms with Gasteiger partial charge in [0.15, 0.2) is 0 Å². The highest BCUT2D eigenvalue weighted by molar-refractivity contribution is 6.39. The van der Waals surface area contributed by atoms with Crippen molar-refractivity contribution in [2.45, 2.75) is 13.5 Å². The fourth-order valence-electron chi connectivity index (χ4n) is 2.89. The van der Waals surface area contributed by atoms with Gasteiger partial charge in [0.1, 0.15) is 18.5 Å². The Bertz CT molecular complexity index is 1120. The summed E-state index contributed by atoms with van der Waals surface area (Å²) >= 11 is 12.4. The molecule has 0 aliphatic rings. The lowest BCUT2D eigenvalue weighted by molar-refractivity contribution is 0.102. The molecule has 0 atom stereocenters. The van der Waals surface area contributed by atoms with E-state index in [1.807, 2.05) is 17.7 Å². The van der Waals surface area contributed by atoms with Crippen molar-refractivity contribution in [3.63, 3.8) is 0 Å². The van der Waals surface area contributed by atoms with Gasteiger partial charge in [-0.15, -0.1) is 0 Å². The fourth-order valence-corrected chi connectivity index (χ4v) is 3.39. The number of fused-ring (bicyclic) bond motifs is 1. The third-order valence-electron chi connectivity index (χ3n) is 4.15. The summed E-state index contributed by atoms with van der Waals surface area (Å²) in [6.07, 6.45) is 6.50. The van der Waals surface area contributed by atoms with Crippen molar-refractivity contribution in [1.82, 2.24) is 14.5 Å². The highest BCUT2D eigenvalue weighted by Gasteiger charge is 2.19. The van der Waals surface area contributed by atoms with E-state index < -0.39 is 0 Å². The minimum atomic E-state index is -0.337. The van der Waals surface area contributed by atoms with Crippen LogP contribution in [0.25, 0.3) is 11.0 Å². The largest absolute Gasteiger partial charge is 0.447 e. The van der Waals surface area contributed by atoms with Gasteiger partial charge in [0.05, 0.1) is 16.8 Å². The molecule has 0 fully saturated rings. The van der Waals surface area contributed by atoms with Crippen molar-refractivity contribution < 1.29 is 9.21 Å². The van der Waals surface area contributed by atoms with Crippen LogP contribution >= 0.6 is 23.2 Å². The molecule has 0 unspecified atom stereocenters. The molecule has 0 aliphatic carbocycles. The molecule has 1 N–H and O–H groups in total. The summed E-state index contributed by atoms with van der Waals surface area (Å²) in [4.78, 5) is 21.2. The molecule has 8 heteroatoms. The maximum atomic E-state index is 12.6. The molecule has 0 radical (unpaired) electrons. The fraction of sp³-hybridized carbons (Fsp3) is 0.105. The zero-order valence-electron chi connectivity index (χ0n) is 14.2. The van der Waals surface area contributed by atoms with Crippen LogP contribution in [0.1, 0.15) is 21.8 Å². The quantitative estimate of drug-likeness (QED) is 0.526. The maximum absolute atomic E-state index is 12.6. The number of rotatable bonds is 4. The summed E-state index contributed by atoms with van der Waals surface area (Å²) in [6.45, 7) is 2.35. The predicted molar refractivity (Wildman–Crippen MR) is 104 cm³/mol. The third kappa shape index (κ3) is 3.41. The minimum absolute atomic E-state index is 0.302. The zero-order valence-corrected chi connectivity index (χ0v) is 15.8. The number of carbonyl (C=O) groups excluding carboxylic acids is 1. The van der Waals surface area contributed by atoms with Crippen LogP contribution in [-0.4, -0.2) is 20.4 Å². The zero-order chi connectivity index (χ0) is 19.0. The Morgan fingerprint density at radius 1 is 1.22 bits per heavy atom. The van der Waals surface area contributed by atoms with Crippen LogP contribution in [0.2, 0.25) is 10.0 Å². The molecule has 3 heterocycles. The number of hydrogen-bond acceptors (Lipinski definition) is 4. The van der Waals surface area contributed by atoms with Crippen LogP contribution in [0, 0.1) is 6.92 Å². The predicted octanol–water partition coefficient (Wildman–Crippen LogP) is 4.94. The number of carbonyl (C=O) groups is 1. The lowest BCUT2D eigenvalue weighted by Gasteiger charge is -2.08. The van der Waals surface area contributed by atoms with Crippen LogP contribution < -0.4 is 5.32 Å². The topological polar surface area (TPSA) is 73.0 Å². The lowest BCUT2D eigenvalue weighted by atomic mass is 10.1. The second-order valence-corrected chi connectivity index (χ2v) is 6.83. The van der Waals surface area contributed by atoms with Gasteiger partial charge >= 0.3 is 0 Å². The van der Waals surface area contributed by atoms with E-state index in [-0.39, 0.29) is 5.91 Å². The van der Waals surface area contributed by atoms with Gasteiger partial charge < -0.3 is 14.3 Å². The van der Waals surface area contributed by atoms with E-state index in [2.05, 4.69) is 15.3 Å². The van der Waals surface area contributed by atoms with Gasteiger partial charge in [0.25, 0.3) is 5.91 Å². The van der Waals surface area contributed by atoms with Gasteiger partial charge in [0.2, 0.25) is 5.89 Å². The van der Waals surface area contributed by atoms with Crippen LogP contribution in [-0.2, 0) is 6.54 Å². The Morgan fingerprint density at radius 3 is 2.70 bits per heavy atom. The van der Waals surface area contributed by atoms with Crippen LogP contribution in [0.3, 0.4) is 0 Å². The Labute approximate surface area is 164 Å². The molecular formula is C19H14Cl2N4O2. The first kappa shape index (κ1) is 17.6. The first-order chi connectivity index (χ1) is 13.0. The van der Waals surface area contributed by atoms with Gasteiger partial charge in [-0.1, -0.05) is 23.2 Å². The maximum Gasteiger partial charge on any atom is 0.258 e. The van der Waals surface area contributed by atoms with Gasteiger partial charge in [-0.05, 0) is 36.8 Å². The lowest BCUT2D eigenvalue weighted by Crippen LogP contribution is -2.13. The van der Waals surface area contributed by atoms with Gasteiger partial charge in [-0.3, -0.25) is 4.79 Å². The van der Waals surface area contributed by atoms with Gasteiger partial charge in [0, 0.05) is 28.5 Å². The van der Waals surface area contributed by atoms with Crippen LogP contribution in [0.5, 0.6) is 0 Å². The van der Waals surface area contributed by atoms with E-state index in [9.17, 15) is 4.79 Å². The Morgan fingerprint density at radius 2 is 2.00 bits per heavy atom. The van der Waals surface area contributed by atoms with Crippen molar-refractivity contribution in [2.24, 2.45) is 0 Å². The molecule has 136 valence electrons. The van der Waals surface area contributed by atoms with Gasteiger partial charge in [-0.25, -0.2) is 9.97 Å². The second-order valence-electron chi connectivity index (χ2n) is 6.01. The first-order valence-electron chi connectivity index (χ1n) is 8.12. The molecule has 0 saturated carbocycles. The summed E-state index contributed by atoms with van der Waals surface area (Å²) < 4.78 is 7.19. The molecule has 1 amide bonds. The van der Waals surface area contributed by atoms with E-state index in [0.29, 0.717) is 39.4 Å². The molecular weight excluding hydrogens is 387 g/mol. The highest BCUT2D eigenvalue weighted by atomic mass is 35.5.